The Morgan fingerprint density at radius 3 is 2.68 bits per heavy atom. The van der Waals surface area contributed by atoms with Crippen LogP contribution in [0.1, 0.15) is 22.8 Å². The number of likely N-dealkylation sites (N-methyl/N-ethyl adjacent to an activating group) is 1. The highest BCUT2D eigenvalue weighted by Crippen LogP contribution is 2.30. The number of hydrogen-bond donors (Lipinski definition) is 3. The smallest absolute Gasteiger partial charge is 0.250 e. The van der Waals surface area contributed by atoms with Crippen LogP contribution in [0.2, 0.25) is 0 Å². The fourth-order valence-electron chi connectivity index (χ4n) is 3.12. The van der Waals surface area contributed by atoms with Gasteiger partial charge in [-0.05, 0) is 41.8 Å². The summed E-state index contributed by atoms with van der Waals surface area (Å²) in [7, 11) is 0. The van der Waals surface area contributed by atoms with Crippen LogP contribution in [0, 0.1) is 0 Å². The molecule has 0 bridgehead atoms. The van der Waals surface area contributed by atoms with Gasteiger partial charge in [0, 0.05) is 30.6 Å². The first-order valence-corrected chi connectivity index (χ1v) is 8.97. The number of ketones is 1. The summed E-state index contributed by atoms with van der Waals surface area (Å²) in [6.07, 6.45) is 4.50. The predicted molar refractivity (Wildman–Crippen MR) is 109 cm³/mol. The Morgan fingerprint density at radius 2 is 1.93 bits per heavy atom. The number of carbonyl (C=O) groups excluding carboxylic acids is 3. The molecule has 28 heavy (non-hydrogen) atoms. The fraction of sp³-hybridized carbons (Fsp3) is 0.136. The molecule has 0 aliphatic rings. The number of aromatic amines is 1. The number of allylic oxidation sites excluding steroid dienone is 1. The summed E-state index contributed by atoms with van der Waals surface area (Å²) in [4.78, 5) is 38.2. The lowest BCUT2D eigenvalue weighted by molar-refractivity contribution is -0.117. The van der Waals surface area contributed by atoms with E-state index in [1.807, 2.05) is 43.3 Å². The molecule has 142 valence electrons. The lowest BCUT2D eigenvalue weighted by Crippen LogP contribution is -2.20. The van der Waals surface area contributed by atoms with Crippen molar-refractivity contribution >= 4 is 28.5 Å². The first-order chi connectivity index (χ1) is 13.5. The molecule has 6 heteroatoms. The largest absolute Gasteiger partial charge is 0.366 e. The van der Waals surface area contributed by atoms with Crippen LogP contribution in [0.3, 0.4) is 0 Å². The Kier molecular flexibility index (Phi) is 5.69. The summed E-state index contributed by atoms with van der Waals surface area (Å²) >= 11 is 0. The number of primary amides is 1. The quantitative estimate of drug-likeness (QED) is 0.553. The Hall–Kier alpha value is -3.67. The zero-order valence-corrected chi connectivity index (χ0v) is 15.5. The minimum absolute atomic E-state index is 0.153. The lowest BCUT2D eigenvalue weighted by Gasteiger charge is -2.08. The third-order valence-electron chi connectivity index (χ3n) is 4.38. The number of fused-ring (bicyclic) bond motifs is 1. The van der Waals surface area contributed by atoms with Crippen LogP contribution in [0.15, 0.2) is 60.8 Å². The lowest BCUT2D eigenvalue weighted by atomic mass is 9.96. The van der Waals surface area contributed by atoms with Crippen LogP contribution in [0.25, 0.3) is 22.0 Å². The second kappa shape index (κ2) is 8.35. The average Bonchev–Trinajstić information content (AvgIpc) is 3.15. The van der Waals surface area contributed by atoms with Gasteiger partial charge in [0.2, 0.25) is 5.91 Å². The first kappa shape index (κ1) is 19.1. The molecule has 6 nitrogen and oxygen atoms in total. The highest BCUT2D eigenvalue weighted by molar-refractivity contribution is 6.09. The molecule has 0 aliphatic carbocycles. The van der Waals surface area contributed by atoms with Gasteiger partial charge in [0.05, 0.1) is 11.1 Å². The van der Waals surface area contributed by atoms with Crippen molar-refractivity contribution in [3.8, 4) is 11.1 Å². The predicted octanol–water partition coefficient (Wildman–Crippen LogP) is 2.74. The minimum Gasteiger partial charge on any atom is -0.366 e. The summed E-state index contributed by atoms with van der Waals surface area (Å²) < 4.78 is 0. The van der Waals surface area contributed by atoms with Crippen LogP contribution in [0.5, 0.6) is 0 Å². The van der Waals surface area contributed by atoms with Gasteiger partial charge in [-0.2, -0.15) is 0 Å². The van der Waals surface area contributed by atoms with E-state index in [-0.39, 0.29) is 18.1 Å². The molecular formula is C22H21N3O3. The van der Waals surface area contributed by atoms with Crippen LogP contribution >= 0.6 is 0 Å². The van der Waals surface area contributed by atoms with Crippen LogP contribution < -0.4 is 11.1 Å². The van der Waals surface area contributed by atoms with Crippen molar-refractivity contribution in [1.29, 1.82) is 0 Å². The maximum atomic E-state index is 12.1. The van der Waals surface area contributed by atoms with Crippen molar-refractivity contribution in [2.24, 2.45) is 5.73 Å². The number of amides is 2. The molecule has 1 aromatic heterocycles. The maximum Gasteiger partial charge on any atom is 0.250 e. The Morgan fingerprint density at radius 1 is 1.11 bits per heavy atom. The molecule has 0 saturated heterocycles. The number of carbonyl (C=O) groups is 3. The van der Waals surface area contributed by atoms with E-state index < -0.39 is 5.91 Å². The van der Waals surface area contributed by atoms with E-state index in [0.29, 0.717) is 17.6 Å². The molecule has 2 aromatic carbocycles. The molecule has 0 radical (unpaired) electrons. The summed E-state index contributed by atoms with van der Waals surface area (Å²) in [6.45, 7) is 2.33. The zero-order chi connectivity index (χ0) is 20.1. The van der Waals surface area contributed by atoms with Gasteiger partial charge in [-0.1, -0.05) is 30.3 Å². The third kappa shape index (κ3) is 4.17. The van der Waals surface area contributed by atoms with Gasteiger partial charge < -0.3 is 16.0 Å². The Bertz CT molecular complexity index is 1080. The van der Waals surface area contributed by atoms with Gasteiger partial charge in [0.15, 0.2) is 5.78 Å². The highest BCUT2D eigenvalue weighted by Gasteiger charge is 2.12. The van der Waals surface area contributed by atoms with Crippen LogP contribution in [0.4, 0.5) is 0 Å². The minimum atomic E-state index is -0.489. The van der Waals surface area contributed by atoms with E-state index in [1.165, 1.54) is 12.2 Å². The molecule has 3 rings (SSSR count). The van der Waals surface area contributed by atoms with Gasteiger partial charge in [-0.15, -0.1) is 0 Å². The zero-order valence-electron chi connectivity index (χ0n) is 15.5. The number of nitrogens with one attached hydrogen (secondary N) is 2. The summed E-state index contributed by atoms with van der Waals surface area (Å²) in [5.74, 6) is -0.925. The number of benzene rings is 2. The SMILES string of the molecule is CCNC(=O)/C=C/C(=O)Cc1cccc(-c2ccc(C(N)=O)c3[nH]ccc23)c1. The van der Waals surface area contributed by atoms with Gasteiger partial charge in [-0.3, -0.25) is 14.4 Å². The first-order valence-electron chi connectivity index (χ1n) is 8.97. The fourth-order valence-corrected chi connectivity index (χ4v) is 3.12. The topological polar surface area (TPSA) is 105 Å². The van der Waals surface area contributed by atoms with Crippen molar-refractivity contribution in [3.63, 3.8) is 0 Å². The summed E-state index contributed by atoms with van der Waals surface area (Å²) in [5.41, 5.74) is 9.28. The normalized spacial score (nSPS) is 11.0. The molecule has 1 heterocycles. The summed E-state index contributed by atoms with van der Waals surface area (Å²) in [6, 6.07) is 13.1. The molecule has 0 atom stereocenters. The van der Waals surface area contributed by atoms with Gasteiger partial charge >= 0.3 is 0 Å². The van der Waals surface area contributed by atoms with Gasteiger partial charge in [0.25, 0.3) is 5.91 Å². The molecule has 3 aromatic rings. The Labute approximate surface area is 162 Å². The Balaban J connectivity index is 1.86. The number of rotatable bonds is 7. The molecule has 0 fully saturated rings. The van der Waals surface area contributed by atoms with Crippen molar-refractivity contribution in [2.75, 3.05) is 6.54 Å². The summed E-state index contributed by atoms with van der Waals surface area (Å²) in [5, 5.41) is 3.49. The standard InChI is InChI=1S/C22H21N3O3/c1-2-24-20(27)9-6-16(26)13-14-4-3-5-15(12-14)17-7-8-19(22(23)28)21-18(17)10-11-25-21/h3-12,25H,2,13H2,1H3,(H2,23,28)(H,24,27)/b9-6+. The number of hydrogen-bond acceptors (Lipinski definition) is 3. The van der Waals surface area contributed by atoms with E-state index >= 15 is 0 Å². The monoisotopic (exact) mass is 375 g/mol. The second-order valence-electron chi connectivity index (χ2n) is 6.36. The van der Waals surface area contributed by atoms with E-state index in [0.717, 1.165) is 22.1 Å². The molecular weight excluding hydrogens is 354 g/mol. The number of H-pyrrole nitrogens is 1. The molecule has 0 spiro atoms. The second-order valence-corrected chi connectivity index (χ2v) is 6.36. The van der Waals surface area contributed by atoms with E-state index in [1.54, 1.807) is 12.3 Å². The molecule has 0 saturated carbocycles. The van der Waals surface area contributed by atoms with Crippen molar-refractivity contribution in [2.45, 2.75) is 13.3 Å². The van der Waals surface area contributed by atoms with Crippen LogP contribution in [-0.2, 0) is 16.0 Å². The number of aromatic nitrogens is 1. The van der Waals surface area contributed by atoms with Gasteiger partial charge in [-0.25, -0.2) is 0 Å². The van der Waals surface area contributed by atoms with E-state index in [2.05, 4.69) is 10.3 Å². The molecule has 0 unspecified atom stereocenters. The molecule has 4 N–H and O–H groups in total. The van der Waals surface area contributed by atoms with Gasteiger partial charge in [0.1, 0.15) is 0 Å². The highest BCUT2D eigenvalue weighted by atomic mass is 16.2. The van der Waals surface area contributed by atoms with Crippen molar-refractivity contribution < 1.29 is 14.4 Å². The molecule has 2 amide bonds. The maximum absolute atomic E-state index is 12.1. The van der Waals surface area contributed by atoms with E-state index in [4.69, 9.17) is 5.73 Å². The van der Waals surface area contributed by atoms with Crippen molar-refractivity contribution in [1.82, 2.24) is 10.3 Å². The third-order valence-corrected chi connectivity index (χ3v) is 4.38. The number of nitrogens with two attached hydrogens (primary N) is 1. The molecule has 0 aliphatic heterocycles. The average molecular weight is 375 g/mol. The van der Waals surface area contributed by atoms with E-state index in [9.17, 15) is 14.4 Å². The van der Waals surface area contributed by atoms with Crippen LogP contribution in [-0.4, -0.2) is 29.1 Å². The van der Waals surface area contributed by atoms with Crippen molar-refractivity contribution in [3.05, 3.63) is 71.9 Å².